The third-order valence-corrected chi connectivity index (χ3v) is 1.94. The van der Waals surface area contributed by atoms with Crippen LogP contribution in [0.4, 0.5) is 11.6 Å². The van der Waals surface area contributed by atoms with Gasteiger partial charge in [0, 0.05) is 25.1 Å². The van der Waals surface area contributed by atoms with E-state index >= 15 is 0 Å². The Labute approximate surface area is 82.6 Å². The topological polar surface area (TPSA) is 44.8 Å². The third-order valence-electron chi connectivity index (χ3n) is 1.94. The molecule has 0 spiro atoms. The second-order valence-electron chi connectivity index (χ2n) is 2.79. The predicted octanol–water partition coefficient (Wildman–Crippen LogP) is 1.76. The van der Waals surface area contributed by atoms with E-state index in [2.05, 4.69) is 28.1 Å². The van der Waals surface area contributed by atoms with Gasteiger partial charge in [0.05, 0.1) is 5.69 Å². The Morgan fingerprint density at radius 3 is 3.00 bits per heavy atom. The molecule has 1 radical (unpaired) electrons. The third kappa shape index (κ3) is 1.59. The molecule has 0 aliphatic heterocycles. The van der Waals surface area contributed by atoms with Gasteiger partial charge < -0.3 is 9.88 Å². The Hall–Kier alpha value is -1.84. The average molecular weight is 187 g/mol. The molecule has 0 saturated carbocycles. The molecule has 14 heavy (non-hydrogen) atoms. The number of nitrogens with zero attached hydrogens (tertiary/aromatic N) is 3. The summed E-state index contributed by atoms with van der Waals surface area (Å²) in [4.78, 5) is 13.2. The van der Waals surface area contributed by atoms with Crippen molar-refractivity contribution in [2.24, 2.45) is 0 Å². The molecule has 2 aromatic heterocycles. The molecular weight excluding hydrogens is 176 g/mol. The van der Waals surface area contributed by atoms with Crippen LogP contribution in [0.15, 0.2) is 30.7 Å². The van der Waals surface area contributed by atoms with E-state index in [-0.39, 0.29) is 0 Å². The first-order valence-electron chi connectivity index (χ1n) is 4.51. The summed E-state index contributed by atoms with van der Waals surface area (Å²) >= 11 is 0. The fourth-order valence-corrected chi connectivity index (χ4v) is 1.31. The highest BCUT2D eigenvalue weighted by molar-refractivity contribution is 5.54. The number of aromatic nitrogens is 3. The molecule has 4 nitrogen and oxygen atoms in total. The molecule has 2 aromatic rings. The summed E-state index contributed by atoms with van der Waals surface area (Å²) in [5, 5.41) is 0. The van der Waals surface area contributed by atoms with Gasteiger partial charge in [0.15, 0.2) is 0 Å². The highest BCUT2D eigenvalue weighted by Gasteiger charge is 2.08. The number of rotatable bonds is 3. The van der Waals surface area contributed by atoms with Crippen LogP contribution in [0.25, 0.3) is 0 Å². The van der Waals surface area contributed by atoms with Gasteiger partial charge in [0.1, 0.15) is 6.20 Å². The zero-order valence-corrected chi connectivity index (χ0v) is 7.94. The second kappa shape index (κ2) is 3.91. The van der Waals surface area contributed by atoms with Gasteiger partial charge in [-0.3, -0.25) is 4.98 Å². The van der Waals surface area contributed by atoms with Gasteiger partial charge in [-0.1, -0.05) is 0 Å². The Kier molecular flexibility index (Phi) is 2.44. The number of hydrogen-bond acceptors (Lipinski definition) is 3. The molecule has 0 aliphatic carbocycles. The number of aromatic amines is 1. The van der Waals surface area contributed by atoms with E-state index in [0.29, 0.717) is 0 Å². The maximum absolute atomic E-state index is 4.19. The first-order chi connectivity index (χ1) is 6.92. The lowest BCUT2D eigenvalue weighted by Gasteiger charge is -2.18. The molecule has 4 heteroatoms. The number of imidazole rings is 1. The highest BCUT2D eigenvalue weighted by Crippen LogP contribution is 2.18. The van der Waals surface area contributed by atoms with Crippen molar-refractivity contribution in [1.82, 2.24) is 15.0 Å². The first kappa shape index (κ1) is 8.74. The summed E-state index contributed by atoms with van der Waals surface area (Å²) in [6.07, 6.45) is 8.16. The van der Waals surface area contributed by atoms with Crippen molar-refractivity contribution in [3.8, 4) is 0 Å². The molecule has 2 rings (SSSR count). The Bertz CT molecular complexity index is 368. The molecule has 0 unspecified atom stereocenters. The maximum atomic E-state index is 4.19. The number of pyridine rings is 1. The summed E-state index contributed by atoms with van der Waals surface area (Å²) in [7, 11) is 0. The van der Waals surface area contributed by atoms with Crippen LogP contribution in [-0.4, -0.2) is 21.5 Å². The van der Waals surface area contributed by atoms with Crippen molar-refractivity contribution >= 4 is 11.6 Å². The normalized spacial score (nSPS) is 10.1. The molecule has 71 valence electrons. The van der Waals surface area contributed by atoms with Crippen molar-refractivity contribution in [2.75, 3.05) is 11.4 Å². The van der Waals surface area contributed by atoms with Crippen molar-refractivity contribution in [1.29, 1.82) is 0 Å². The molecule has 1 N–H and O–H groups in total. The average Bonchev–Trinajstić information content (AvgIpc) is 2.74. The zero-order valence-electron chi connectivity index (χ0n) is 7.94. The summed E-state index contributed by atoms with van der Waals surface area (Å²) < 4.78 is 0. The molecule has 0 fully saturated rings. The van der Waals surface area contributed by atoms with Gasteiger partial charge >= 0.3 is 0 Å². The fraction of sp³-hybridized carbons (Fsp3) is 0.200. The van der Waals surface area contributed by atoms with Crippen molar-refractivity contribution in [3.05, 3.63) is 36.9 Å². The summed E-state index contributed by atoms with van der Waals surface area (Å²) in [6.45, 7) is 2.89. The van der Waals surface area contributed by atoms with E-state index in [1.165, 1.54) is 0 Å². The first-order valence-corrected chi connectivity index (χ1v) is 4.51. The van der Waals surface area contributed by atoms with Gasteiger partial charge in [-0.25, -0.2) is 4.98 Å². The predicted molar refractivity (Wildman–Crippen MR) is 54.3 cm³/mol. The minimum absolute atomic E-state index is 0.816. The largest absolute Gasteiger partial charge is 0.331 e. The Balaban J connectivity index is 2.31. The molecule has 0 aliphatic rings. The Morgan fingerprint density at radius 1 is 1.50 bits per heavy atom. The maximum Gasteiger partial charge on any atom is 0.207 e. The van der Waals surface area contributed by atoms with E-state index < -0.39 is 0 Å². The SMILES string of the molecule is CCN(c1[c]nccc1)c1ncc[nH]1. The van der Waals surface area contributed by atoms with Crippen LogP contribution in [0, 0.1) is 6.20 Å². The van der Waals surface area contributed by atoms with Crippen LogP contribution in [0.3, 0.4) is 0 Å². The van der Waals surface area contributed by atoms with Gasteiger partial charge in [-0.15, -0.1) is 0 Å². The summed E-state index contributed by atoms with van der Waals surface area (Å²) in [6, 6.07) is 3.84. The molecule has 0 bridgehead atoms. The zero-order chi connectivity index (χ0) is 9.80. The number of nitrogens with one attached hydrogen (secondary N) is 1. The molecule has 0 amide bonds. The van der Waals surface area contributed by atoms with Crippen molar-refractivity contribution in [3.63, 3.8) is 0 Å². The minimum Gasteiger partial charge on any atom is -0.331 e. The van der Waals surface area contributed by atoms with Crippen LogP contribution in [0.5, 0.6) is 0 Å². The monoisotopic (exact) mass is 187 g/mol. The standard InChI is InChI=1S/C10H11N4/c1-2-14(10-12-6-7-13-10)9-4-3-5-11-8-9/h3-7H,2H2,1H3,(H,12,13). The Morgan fingerprint density at radius 2 is 2.43 bits per heavy atom. The van der Waals surface area contributed by atoms with E-state index in [9.17, 15) is 0 Å². The van der Waals surface area contributed by atoms with Gasteiger partial charge in [0.25, 0.3) is 0 Å². The molecule has 0 atom stereocenters. The lowest BCUT2D eigenvalue weighted by atomic mass is 10.4. The van der Waals surface area contributed by atoms with Crippen molar-refractivity contribution < 1.29 is 0 Å². The van der Waals surface area contributed by atoms with Gasteiger partial charge in [0.2, 0.25) is 5.95 Å². The highest BCUT2D eigenvalue weighted by atomic mass is 15.3. The number of hydrogen-bond donors (Lipinski definition) is 1. The van der Waals surface area contributed by atoms with Crippen LogP contribution in [0.1, 0.15) is 6.92 Å². The summed E-state index contributed by atoms with van der Waals surface area (Å²) in [5.41, 5.74) is 0.921. The minimum atomic E-state index is 0.816. The second-order valence-corrected chi connectivity index (χ2v) is 2.79. The molecule has 2 heterocycles. The number of anilines is 2. The van der Waals surface area contributed by atoms with Crippen LogP contribution < -0.4 is 4.90 Å². The molecule has 0 aromatic carbocycles. The van der Waals surface area contributed by atoms with E-state index in [1.54, 1.807) is 18.6 Å². The van der Waals surface area contributed by atoms with Crippen LogP contribution in [0.2, 0.25) is 0 Å². The smallest absolute Gasteiger partial charge is 0.207 e. The van der Waals surface area contributed by atoms with E-state index in [1.807, 2.05) is 17.0 Å². The lowest BCUT2D eigenvalue weighted by molar-refractivity contribution is 0.962. The fourth-order valence-electron chi connectivity index (χ4n) is 1.31. The quantitative estimate of drug-likeness (QED) is 0.796. The van der Waals surface area contributed by atoms with Gasteiger partial charge in [-0.2, -0.15) is 0 Å². The number of H-pyrrole nitrogens is 1. The van der Waals surface area contributed by atoms with Crippen molar-refractivity contribution in [2.45, 2.75) is 6.92 Å². The summed E-state index contributed by atoms with van der Waals surface area (Å²) in [5.74, 6) is 0.816. The molecule has 0 saturated heterocycles. The van der Waals surface area contributed by atoms with Crippen LogP contribution in [-0.2, 0) is 0 Å². The molecular formula is C10H11N4. The van der Waals surface area contributed by atoms with Gasteiger partial charge in [-0.05, 0) is 19.1 Å². The van der Waals surface area contributed by atoms with E-state index in [0.717, 1.165) is 18.2 Å². The van der Waals surface area contributed by atoms with Crippen LogP contribution >= 0.6 is 0 Å². The lowest BCUT2D eigenvalue weighted by Crippen LogP contribution is -2.17. The van der Waals surface area contributed by atoms with E-state index in [4.69, 9.17) is 0 Å².